The molecule has 280 valence electrons. The number of non-ortho nitro benzene ring substituents is 1. The van der Waals surface area contributed by atoms with Crippen molar-refractivity contribution in [3.8, 4) is 11.5 Å². The van der Waals surface area contributed by atoms with Gasteiger partial charge in [-0.1, -0.05) is 97.2 Å². The standard InChI is InChI=1S/C42H37IN4O7S/c1-4-7-18-32(5-2)46-41(50)34(23-29-24-35(43)39(36(25-29)53-6-3)54-26-28-19-21-33(22-20-28)47(51)52)40(49)45-42(46)55-27-37(48)44-38(30-14-10-8-11-15-30)31-16-12-9-13-17-31/h4-5,7-25,38H,1,6,26-27H2,2-3H3,(H,44,48)/b18-7-,32-5+,34-23+. The fourth-order valence-corrected chi connectivity index (χ4v) is 7.09. The van der Waals surface area contributed by atoms with Crippen LogP contribution >= 0.6 is 34.4 Å². The normalized spacial score (nSPS) is 14.0. The van der Waals surface area contributed by atoms with Gasteiger partial charge in [-0.2, -0.15) is 4.99 Å². The SMILES string of the molecule is C=C/C=C\C(=C/C)N1C(=O)/C(=C/c2cc(I)c(OCc3ccc([N+](=O)[O-])cc3)c(OCC)c2)C(=O)N=C1SCC(=O)NC(c1ccccc1)c1ccccc1. The largest absolute Gasteiger partial charge is 0.490 e. The molecule has 4 aromatic carbocycles. The zero-order valence-electron chi connectivity index (χ0n) is 30.0. The molecule has 0 spiro atoms. The molecule has 1 aliphatic heterocycles. The number of benzene rings is 4. The molecule has 1 aliphatic rings. The molecule has 0 bridgehead atoms. The minimum atomic E-state index is -0.759. The van der Waals surface area contributed by atoms with Gasteiger partial charge in [0, 0.05) is 17.8 Å². The summed E-state index contributed by atoms with van der Waals surface area (Å²) in [4.78, 5) is 57.5. The number of nitrogens with one attached hydrogen (secondary N) is 1. The number of carbonyl (C=O) groups excluding carboxylic acids is 3. The third-order valence-electron chi connectivity index (χ3n) is 8.09. The molecule has 1 N–H and O–H groups in total. The molecule has 0 fully saturated rings. The summed E-state index contributed by atoms with van der Waals surface area (Å²) in [5.41, 5.74) is 3.24. The predicted molar refractivity (Wildman–Crippen MR) is 223 cm³/mol. The first-order valence-corrected chi connectivity index (χ1v) is 19.2. The van der Waals surface area contributed by atoms with Crippen LogP contribution in [0.1, 0.15) is 42.1 Å². The number of thioether (sulfide) groups is 1. The summed E-state index contributed by atoms with van der Waals surface area (Å²) in [7, 11) is 0. The lowest BCUT2D eigenvalue weighted by atomic mass is 9.99. The molecular formula is C42H37IN4O7S. The van der Waals surface area contributed by atoms with E-state index in [1.807, 2.05) is 67.6 Å². The van der Waals surface area contributed by atoms with E-state index < -0.39 is 22.8 Å². The summed E-state index contributed by atoms with van der Waals surface area (Å²) >= 11 is 3.07. The summed E-state index contributed by atoms with van der Waals surface area (Å²) in [6.07, 6.45) is 8.05. The van der Waals surface area contributed by atoms with E-state index >= 15 is 0 Å². The van der Waals surface area contributed by atoms with Gasteiger partial charge in [0.1, 0.15) is 12.2 Å². The zero-order valence-corrected chi connectivity index (χ0v) is 33.0. The smallest absolute Gasteiger partial charge is 0.285 e. The molecule has 5 rings (SSSR count). The van der Waals surface area contributed by atoms with Gasteiger partial charge in [-0.3, -0.25) is 29.4 Å². The third kappa shape index (κ3) is 10.5. The van der Waals surface area contributed by atoms with Gasteiger partial charge in [-0.15, -0.1) is 0 Å². The average Bonchev–Trinajstić information content (AvgIpc) is 3.19. The second kappa shape index (κ2) is 19.5. The molecule has 0 atom stereocenters. The van der Waals surface area contributed by atoms with Gasteiger partial charge >= 0.3 is 0 Å². The van der Waals surface area contributed by atoms with Crippen LogP contribution < -0.4 is 14.8 Å². The van der Waals surface area contributed by atoms with Crippen LogP contribution in [0.5, 0.6) is 11.5 Å². The van der Waals surface area contributed by atoms with Crippen LogP contribution in [0.15, 0.2) is 144 Å². The molecule has 55 heavy (non-hydrogen) atoms. The topological polar surface area (TPSA) is 140 Å². The number of carbonyl (C=O) groups is 3. The van der Waals surface area contributed by atoms with Crippen LogP contribution in [-0.4, -0.2) is 45.1 Å². The van der Waals surface area contributed by atoms with Crippen LogP contribution in [0.2, 0.25) is 0 Å². The van der Waals surface area contributed by atoms with E-state index in [0.29, 0.717) is 32.9 Å². The number of allylic oxidation sites excluding steroid dienone is 4. The summed E-state index contributed by atoms with van der Waals surface area (Å²) in [6.45, 7) is 7.73. The molecule has 0 radical (unpaired) electrons. The van der Waals surface area contributed by atoms with Crippen molar-refractivity contribution in [1.29, 1.82) is 0 Å². The number of rotatable bonds is 15. The summed E-state index contributed by atoms with van der Waals surface area (Å²) in [5.74, 6) is -0.996. The van der Waals surface area contributed by atoms with Crippen LogP contribution in [0.25, 0.3) is 6.08 Å². The molecule has 0 aromatic heterocycles. The summed E-state index contributed by atoms with van der Waals surface area (Å²) < 4.78 is 12.6. The molecular weight excluding hydrogens is 831 g/mol. The van der Waals surface area contributed by atoms with Gasteiger partial charge in [0.2, 0.25) is 5.91 Å². The van der Waals surface area contributed by atoms with Crippen molar-refractivity contribution in [2.24, 2.45) is 4.99 Å². The van der Waals surface area contributed by atoms with Gasteiger partial charge in [-0.05, 0) is 95.1 Å². The molecule has 1 heterocycles. The second-order valence-corrected chi connectivity index (χ2v) is 13.9. The lowest BCUT2D eigenvalue weighted by Crippen LogP contribution is -2.42. The van der Waals surface area contributed by atoms with Crippen LogP contribution in [0.3, 0.4) is 0 Å². The van der Waals surface area contributed by atoms with Crippen molar-refractivity contribution in [1.82, 2.24) is 10.2 Å². The number of amides is 3. The Morgan fingerprint density at radius 2 is 1.67 bits per heavy atom. The van der Waals surface area contributed by atoms with Gasteiger partial charge in [0.25, 0.3) is 17.5 Å². The molecule has 0 saturated carbocycles. The Balaban J connectivity index is 1.41. The highest BCUT2D eigenvalue weighted by Gasteiger charge is 2.35. The van der Waals surface area contributed by atoms with Gasteiger partial charge in [-0.25, -0.2) is 0 Å². The van der Waals surface area contributed by atoms with E-state index in [0.717, 1.165) is 28.5 Å². The van der Waals surface area contributed by atoms with E-state index in [9.17, 15) is 24.5 Å². The van der Waals surface area contributed by atoms with E-state index in [-0.39, 0.29) is 34.7 Å². The Kier molecular flexibility index (Phi) is 14.3. The number of halogens is 1. The minimum Gasteiger partial charge on any atom is -0.490 e. The second-order valence-electron chi connectivity index (χ2n) is 11.8. The summed E-state index contributed by atoms with van der Waals surface area (Å²) in [5, 5.41) is 14.2. The quantitative estimate of drug-likeness (QED) is 0.0313. The zero-order chi connectivity index (χ0) is 39.3. The summed E-state index contributed by atoms with van der Waals surface area (Å²) in [6, 6.07) is 28.2. The third-order valence-corrected chi connectivity index (χ3v) is 9.83. The van der Waals surface area contributed by atoms with Crippen molar-refractivity contribution in [2.45, 2.75) is 26.5 Å². The number of hydrogen-bond acceptors (Lipinski definition) is 8. The van der Waals surface area contributed by atoms with Gasteiger partial charge in [0.05, 0.1) is 26.9 Å². The predicted octanol–water partition coefficient (Wildman–Crippen LogP) is 8.57. The highest BCUT2D eigenvalue weighted by molar-refractivity contribution is 14.1. The Morgan fingerprint density at radius 1 is 1.02 bits per heavy atom. The van der Waals surface area contributed by atoms with Crippen LogP contribution in [0, 0.1) is 13.7 Å². The first-order chi connectivity index (χ1) is 26.6. The van der Waals surface area contributed by atoms with E-state index in [2.05, 4.69) is 39.5 Å². The molecule has 0 saturated heterocycles. The fourth-order valence-electron chi connectivity index (χ4n) is 5.50. The molecule has 13 heteroatoms. The van der Waals surface area contributed by atoms with Crippen LogP contribution in [0.4, 0.5) is 5.69 Å². The highest BCUT2D eigenvalue weighted by atomic mass is 127. The van der Waals surface area contributed by atoms with E-state index in [4.69, 9.17) is 9.47 Å². The Bertz CT molecular complexity index is 2150. The minimum absolute atomic E-state index is 0.0225. The Hall–Kier alpha value is -5.80. The number of hydrogen-bond donors (Lipinski definition) is 1. The van der Waals surface area contributed by atoms with Gasteiger partial charge in [0.15, 0.2) is 16.7 Å². The first kappa shape index (κ1) is 40.4. The number of nitro benzene ring substituents is 1. The number of nitro groups is 1. The van der Waals surface area contributed by atoms with Crippen molar-refractivity contribution in [2.75, 3.05) is 12.4 Å². The molecule has 0 unspecified atom stereocenters. The Labute approximate surface area is 336 Å². The number of ether oxygens (including phenoxy) is 2. The van der Waals surface area contributed by atoms with Crippen molar-refractivity contribution in [3.05, 3.63) is 175 Å². The Morgan fingerprint density at radius 3 is 2.25 bits per heavy atom. The maximum Gasteiger partial charge on any atom is 0.285 e. The monoisotopic (exact) mass is 868 g/mol. The number of aliphatic imine (C=N–C) groups is 1. The molecule has 0 aliphatic carbocycles. The average molecular weight is 869 g/mol. The highest BCUT2D eigenvalue weighted by Crippen LogP contribution is 2.36. The number of nitrogens with zero attached hydrogens (tertiary/aromatic N) is 3. The fraction of sp³-hybridized carbons (Fsp3) is 0.143. The van der Waals surface area contributed by atoms with E-state index in [1.54, 1.807) is 55.5 Å². The van der Waals surface area contributed by atoms with Crippen LogP contribution in [-0.2, 0) is 21.0 Å². The van der Waals surface area contributed by atoms with Gasteiger partial charge < -0.3 is 14.8 Å². The van der Waals surface area contributed by atoms with Crippen molar-refractivity contribution in [3.63, 3.8) is 0 Å². The van der Waals surface area contributed by atoms with Crippen molar-refractivity contribution < 1.29 is 28.8 Å². The number of amidine groups is 1. The van der Waals surface area contributed by atoms with E-state index in [1.165, 1.54) is 23.1 Å². The van der Waals surface area contributed by atoms with Crippen molar-refractivity contribution >= 4 is 69.0 Å². The molecule has 3 amide bonds. The maximum absolute atomic E-state index is 14.2. The molecule has 4 aromatic rings. The lowest BCUT2D eigenvalue weighted by molar-refractivity contribution is -0.384. The maximum atomic E-state index is 14.2. The lowest BCUT2D eigenvalue weighted by Gasteiger charge is -2.28. The first-order valence-electron chi connectivity index (χ1n) is 17.1. The molecule has 11 nitrogen and oxygen atoms in total.